The van der Waals surface area contributed by atoms with Crippen molar-refractivity contribution < 1.29 is 17.6 Å². The molecule has 0 unspecified atom stereocenters. The minimum absolute atomic E-state index is 0.126. The molecule has 0 aliphatic carbocycles. The molecule has 0 spiro atoms. The van der Waals surface area contributed by atoms with Crippen molar-refractivity contribution in [2.45, 2.75) is 6.54 Å². The predicted octanol–water partition coefficient (Wildman–Crippen LogP) is 4.40. The number of nitrogens with zero attached hydrogens (tertiary/aromatic N) is 2. The van der Waals surface area contributed by atoms with Crippen LogP contribution in [-0.2, 0) is 6.54 Å². The van der Waals surface area contributed by atoms with Crippen LogP contribution in [0.1, 0.15) is 5.56 Å². The van der Waals surface area contributed by atoms with Crippen molar-refractivity contribution in [3.63, 3.8) is 0 Å². The smallest absolute Gasteiger partial charge is 0.161 e. The molecule has 3 rings (SSSR count). The molecule has 3 aromatic rings. The van der Waals surface area contributed by atoms with Gasteiger partial charge in [-0.2, -0.15) is 0 Å². The molecule has 0 saturated carbocycles. The van der Waals surface area contributed by atoms with Crippen LogP contribution in [0.4, 0.5) is 17.6 Å². The summed E-state index contributed by atoms with van der Waals surface area (Å²) in [7, 11) is 0. The molecule has 0 bridgehead atoms. The van der Waals surface area contributed by atoms with Gasteiger partial charge < -0.3 is 4.57 Å². The second kappa shape index (κ2) is 5.14. The molecular weight excluding hydrogens is 352 g/mol. The van der Waals surface area contributed by atoms with Gasteiger partial charge in [0, 0.05) is 17.7 Å². The number of fused-ring (bicyclic) bond motifs is 1. The Morgan fingerprint density at radius 3 is 2.48 bits per heavy atom. The van der Waals surface area contributed by atoms with Crippen molar-refractivity contribution >= 4 is 27.0 Å². The van der Waals surface area contributed by atoms with E-state index in [9.17, 15) is 17.6 Å². The van der Waals surface area contributed by atoms with E-state index in [-0.39, 0.29) is 27.6 Å². The fourth-order valence-electron chi connectivity index (χ4n) is 2.06. The number of rotatable bonds is 2. The van der Waals surface area contributed by atoms with E-state index in [2.05, 4.69) is 20.9 Å². The first-order chi connectivity index (χ1) is 9.97. The Labute approximate surface area is 125 Å². The molecule has 0 radical (unpaired) electrons. The monoisotopic (exact) mass is 358 g/mol. The highest BCUT2D eigenvalue weighted by Crippen LogP contribution is 2.24. The van der Waals surface area contributed by atoms with Crippen LogP contribution in [0.15, 0.2) is 35.1 Å². The molecule has 0 fully saturated rings. The molecule has 0 amide bonds. The number of hydrogen-bond acceptors (Lipinski definition) is 1. The molecule has 2 nitrogen and oxygen atoms in total. The zero-order valence-corrected chi connectivity index (χ0v) is 12.0. The summed E-state index contributed by atoms with van der Waals surface area (Å²) in [5, 5.41) is 0. The average molecular weight is 359 g/mol. The third kappa shape index (κ3) is 2.42. The highest BCUT2D eigenvalue weighted by atomic mass is 79.9. The van der Waals surface area contributed by atoms with Crippen LogP contribution in [0.25, 0.3) is 11.0 Å². The van der Waals surface area contributed by atoms with E-state index < -0.39 is 23.3 Å². The highest BCUT2D eigenvalue weighted by Gasteiger charge is 2.15. The number of benzene rings is 2. The maximum absolute atomic E-state index is 13.9. The predicted molar refractivity (Wildman–Crippen MR) is 72.8 cm³/mol. The summed E-state index contributed by atoms with van der Waals surface area (Å²) in [6.07, 6.45) is 1.28. The van der Waals surface area contributed by atoms with E-state index in [0.29, 0.717) is 0 Å². The second-order valence-electron chi connectivity index (χ2n) is 4.45. The Bertz CT molecular complexity index is 845. The van der Waals surface area contributed by atoms with Crippen LogP contribution < -0.4 is 0 Å². The van der Waals surface area contributed by atoms with E-state index >= 15 is 0 Å². The fourth-order valence-corrected chi connectivity index (χ4v) is 2.44. The average Bonchev–Trinajstić information content (AvgIpc) is 2.82. The van der Waals surface area contributed by atoms with E-state index in [4.69, 9.17) is 0 Å². The zero-order chi connectivity index (χ0) is 15.1. The van der Waals surface area contributed by atoms with Crippen molar-refractivity contribution in [1.82, 2.24) is 9.55 Å². The Morgan fingerprint density at radius 1 is 1.00 bits per heavy atom. The van der Waals surface area contributed by atoms with Gasteiger partial charge in [0.1, 0.15) is 11.6 Å². The van der Waals surface area contributed by atoms with Gasteiger partial charge in [-0.15, -0.1) is 0 Å². The molecule has 0 atom stereocenters. The molecule has 108 valence electrons. The second-order valence-corrected chi connectivity index (χ2v) is 5.30. The molecule has 7 heteroatoms. The minimum Gasteiger partial charge on any atom is -0.326 e. The maximum atomic E-state index is 13.9. The summed E-state index contributed by atoms with van der Waals surface area (Å²) in [6, 6.07) is 4.28. The fraction of sp³-hybridized carbons (Fsp3) is 0.0714. The SMILES string of the molecule is Fc1cc2ncn(Cc3c(F)ccc(Br)c3F)c2cc1F. The standard InChI is InChI=1S/C14H7BrF4N2/c15-8-1-2-9(16)7(14(8)19)5-21-6-20-12-3-10(17)11(18)4-13(12)21/h1-4,6H,5H2. The van der Waals surface area contributed by atoms with E-state index in [0.717, 1.165) is 18.2 Å². The molecule has 2 aromatic carbocycles. The van der Waals surface area contributed by atoms with Crippen LogP contribution in [0.2, 0.25) is 0 Å². The van der Waals surface area contributed by atoms with Crippen LogP contribution in [0.3, 0.4) is 0 Å². The number of aromatic nitrogens is 2. The first-order valence-corrected chi connectivity index (χ1v) is 6.69. The lowest BCUT2D eigenvalue weighted by atomic mass is 10.2. The van der Waals surface area contributed by atoms with Gasteiger partial charge in [0.25, 0.3) is 0 Å². The Kier molecular flexibility index (Phi) is 3.44. The van der Waals surface area contributed by atoms with E-state index in [1.54, 1.807) is 0 Å². The molecule has 1 heterocycles. The van der Waals surface area contributed by atoms with Gasteiger partial charge in [-0.3, -0.25) is 0 Å². The third-order valence-electron chi connectivity index (χ3n) is 3.13. The third-order valence-corrected chi connectivity index (χ3v) is 3.74. The van der Waals surface area contributed by atoms with Gasteiger partial charge >= 0.3 is 0 Å². The number of hydrogen-bond donors (Lipinski definition) is 0. The van der Waals surface area contributed by atoms with Crippen LogP contribution in [0.5, 0.6) is 0 Å². The number of imidazole rings is 1. The van der Waals surface area contributed by atoms with Gasteiger partial charge in [0.05, 0.1) is 28.4 Å². The van der Waals surface area contributed by atoms with Gasteiger partial charge in [0.2, 0.25) is 0 Å². The summed E-state index contributed by atoms with van der Waals surface area (Å²) in [4.78, 5) is 3.90. The molecular formula is C14H7BrF4N2. The molecule has 0 aliphatic rings. The van der Waals surface area contributed by atoms with Crippen molar-refractivity contribution in [2.24, 2.45) is 0 Å². The van der Waals surface area contributed by atoms with Crippen molar-refractivity contribution in [1.29, 1.82) is 0 Å². The number of halogens is 5. The molecule has 0 aliphatic heterocycles. The van der Waals surface area contributed by atoms with Crippen molar-refractivity contribution in [3.8, 4) is 0 Å². The summed E-state index contributed by atoms with van der Waals surface area (Å²) in [6.45, 7) is -0.182. The van der Waals surface area contributed by atoms with Gasteiger partial charge in [0.15, 0.2) is 11.6 Å². The lowest BCUT2D eigenvalue weighted by Gasteiger charge is -2.08. The van der Waals surface area contributed by atoms with Gasteiger partial charge in [-0.25, -0.2) is 22.5 Å². The summed E-state index contributed by atoms with van der Waals surface area (Å²) >= 11 is 2.98. The Balaban J connectivity index is 2.11. The zero-order valence-electron chi connectivity index (χ0n) is 10.4. The molecule has 0 N–H and O–H groups in total. The molecule has 1 aromatic heterocycles. The maximum Gasteiger partial charge on any atom is 0.161 e. The summed E-state index contributed by atoms with van der Waals surface area (Å²) in [5.41, 5.74) is 0.283. The minimum atomic E-state index is -1.04. The lowest BCUT2D eigenvalue weighted by molar-refractivity contribution is 0.510. The normalized spacial score (nSPS) is 11.3. The summed E-state index contributed by atoms with van der Waals surface area (Å²) in [5.74, 6) is -3.52. The first-order valence-electron chi connectivity index (χ1n) is 5.89. The Hall–Kier alpha value is -1.89. The van der Waals surface area contributed by atoms with Crippen LogP contribution in [0, 0.1) is 23.3 Å². The lowest BCUT2D eigenvalue weighted by Crippen LogP contribution is -2.04. The topological polar surface area (TPSA) is 17.8 Å². The van der Waals surface area contributed by atoms with E-state index in [1.807, 2.05) is 0 Å². The summed E-state index contributed by atoms with van der Waals surface area (Å²) < 4.78 is 55.6. The highest BCUT2D eigenvalue weighted by molar-refractivity contribution is 9.10. The van der Waals surface area contributed by atoms with Crippen molar-refractivity contribution in [2.75, 3.05) is 0 Å². The van der Waals surface area contributed by atoms with Gasteiger partial charge in [-0.05, 0) is 28.1 Å². The van der Waals surface area contributed by atoms with Crippen molar-refractivity contribution in [3.05, 3.63) is 63.9 Å². The largest absolute Gasteiger partial charge is 0.326 e. The Morgan fingerprint density at radius 2 is 1.71 bits per heavy atom. The van der Waals surface area contributed by atoms with E-state index in [1.165, 1.54) is 17.0 Å². The van der Waals surface area contributed by atoms with Crippen LogP contribution >= 0.6 is 15.9 Å². The first kappa shape index (κ1) is 14.1. The van der Waals surface area contributed by atoms with Crippen LogP contribution in [-0.4, -0.2) is 9.55 Å². The quantitative estimate of drug-likeness (QED) is 0.490. The molecule has 0 saturated heterocycles. The molecule has 21 heavy (non-hydrogen) atoms. The van der Waals surface area contributed by atoms with Gasteiger partial charge in [-0.1, -0.05) is 0 Å².